The number of amides is 1. The van der Waals surface area contributed by atoms with Crippen molar-refractivity contribution < 1.29 is 23.7 Å². The summed E-state index contributed by atoms with van der Waals surface area (Å²) in [5.74, 6) is 0.608. The molecular weight excluding hydrogens is 385 g/mol. The highest BCUT2D eigenvalue weighted by molar-refractivity contribution is 5.76. The smallest absolute Gasteiger partial charge is 0.275 e. The Bertz CT molecular complexity index is 846. The Balaban J connectivity index is 1.34. The predicted octanol–water partition coefficient (Wildman–Crippen LogP) is -0.862. The lowest BCUT2D eigenvalue weighted by atomic mass is 10.1. The summed E-state index contributed by atoms with van der Waals surface area (Å²) >= 11 is 0. The van der Waals surface area contributed by atoms with Crippen LogP contribution in [0.1, 0.15) is 23.4 Å². The summed E-state index contributed by atoms with van der Waals surface area (Å²) in [6.07, 6.45) is 0.871. The SMILES string of the molecule is COc1ccc(F)cc1C[NH+]1CC[NH+](CC(=O)NCCCn2nc(C)cc2C)CC1. The van der Waals surface area contributed by atoms with Gasteiger partial charge in [-0.05, 0) is 44.5 Å². The standard InChI is InChI=1S/C22H32FN5O2/c1-17-13-18(2)28(25-17)8-4-7-24-22(29)16-27-11-9-26(10-12-27)15-19-14-20(23)5-6-21(19)30-3/h5-6,13-14H,4,7-12,15-16H2,1-3H3,(H,24,29)/p+2. The van der Waals surface area contributed by atoms with E-state index in [9.17, 15) is 9.18 Å². The Morgan fingerprint density at radius 2 is 1.93 bits per heavy atom. The first-order chi connectivity index (χ1) is 14.4. The zero-order valence-corrected chi connectivity index (χ0v) is 18.3. The molecule has 0 atom stereocenters. The summed E-state index contributed by atoms with van der Waals surface area (Å²) in [7, 11) is 1.62. The van der Waals surface area contributed by atoms with Crippen molar-refractivity contribution in [2.75, 3.05) is 46.4 Å². The van der Waals surface area contributed by atoms with Crippen LogP contribution in [0.5, 0.6) is 5.75 Å². The molecule has 0 bridgehead atoms. The van der Waals surface area contributed by atoms with Crippen LogP contribution in [0.3, 0.4) is 0 Å². The number of carbonyl (C=O) groups excluding carboxylic acids is 1. The van der Waals surface area contributed by atoms with Gasteiger partial charge in [-0.15, -0.1) is 0 Å². The molecule has 0 saturated carbocycles. The number of halogens is 1. The number of methoxy groups -OCH3 is 1. The van der Waals surface area contributed by atoms with Gasteiger partial charge in [0.1, 0.15) is 44.3 Å². The average Bonchev–Trinajstić information content (AvgIpc) is 3.04. The molecule has 30 heavy (non-hydrogen) atoms. The number of nitrogens with zero attached hydrogens (tertiary/aromatic N) is 2. The van der Waals surface area contributed by atoms with E-state index in [1.807, 2.05) is 18.5 Å². The number of piperazine rings is 1. The van der Waals surface area contributed by atoms with Gasteiger partial charge in [-0.3, -0.25) is 9.48 Å². The van der Waals surface area contributed by atoms with Crippen molar-refractivity contribution in [1.29, 1.82) is 0 Å². The minimum Gasteiger partial charge on any atom is -0.496 e. The summed E-state index contributed by atoms with van der Waals surface area (Å²) < 4.78 is 20.9. The molecule has 0 unspecified atom stereocenters. The fraction of sp³-hybridized carbons (Fsp3) is 0.545. The number of quaternary nitrogens is 2. The molecule has 0 spiro atoms. The van der Waals surface area contributed by atoms with Crippen LogP contribution in [0.4, 0.5) is 4.39 Å². The molecule has 1 aromatic carbocycles. The molecule has 7 nitrogen and oxygen atoms in total. The molecular formula is C22H34FN5O2+2. The normalized spacial score (nSPS) is 18.9. The lowest BCUT2D eigenvalue weighted by molar-refractivity contribution is -1.02. The van der Waals surface area contributed by atoms with Crippen LogP contribution < -0.4 is 19.9 Å². The third kappa shape index (κ3) is 6.27. The molecule has 0 radical (unpaired) electrons. The van der Waals surface area contributed by atoms with Gasteiger partial charge in [0.05, 0.1) is 18.4 Å². The molecule has 8 heteroatoms. The maximum atomic E-state index is 13.6. The van der Waals surface area contributed by atoms with E-state index in [0.29, 0.717) is 13.1 Å². The van der Waals surface area contributed by atoms with Crippen molar-refractivity contribution in [3.63, 3.8) is 0 Å². The summed E-state index contributed by atoms with van der Waals surface area (Å²) in [4.78, 5) is 15.0. The van der Waals surface area contributed by atoms with Gasteiger partial charge >= 0.3 is 0 Å². The minimum absolute atomic E-state index is 0.105. The molecule has 0 aliphatic carbocycles. The van der Waals surface area contributed by atoms with Crippen LogP contribution in [-0.2, 0) is 17.9 Å². The van der Waals surface area contributed by atoms with Crippen LogP contribution in [0.2, 0.25) is 0 Å². The second kappa shape index (κ2) is 10.5. The molecule has 3 rings (SSSR count). The van der Waals surface area contributed by atoms with E-state index < -0.39 is 0 Å². The first-order valence-electron chi connectivity index (χ1n) is 10.7. The highest BCUT2D eigenvalue weighted by atomic mass is 19.1. The number of aromatic nitrogens is 2. The number of hydrogen-bond acceptors (Lipinski definition) is 3. The molecule has 1 saturated heterocycles. The topological polar surface area (TPSA) is 65.0 Å². The molecule has 164 valence electrons. The van der Waals surface area contributed by atoms with Gasteiger partial charge in [-0.25, -0.2) is 4.39 Å². The number of aryl methyl sites for hydroxylation is 3. The van der Waals surface area contributed by atoms with Crippen LogP contribution in [0.25, 0.3) is 0 Å². The Hall–Kier alpha value is -2.45. The Morgan fingerprint density at radius 3 is 2.60 bits per heavy atom. The van der Waals surface area contributed by atoms with Crippen LogP contribution in [0, 0.1) is 19.7 Å². The number of carbonyl (C=O) groups is 1. The fourth-order valence-corrected chi connectivity index (χ4v) is 4.11. The Kier molecular flexibility index (Phi) is 7.81. The lowest BCUT2D eigenvalue weighted by Gasteiger charge is -2.29. The van der Waals surface area contributed by atoms with Crippen LogP contribution in [-0.4, -0.2) is 62.1 Å². The lowest BCUT2D eigenvalue weighted by Crippen LogP contribution is -3.28. The van der Waals surface area contributed by atoms with E-state index in [-0.39, 0.29) is 11.7 Å². The Morgan fingerprint density at radius 1 is 1.20 bits per heavy atom. The first kappa shape index (κ1) is 22.2. The monoisotopic (exact) mass is 419 g/mol. The summed E-state index contributed by atoms with van der Waals surface area (Å²) in [5.41, 5.74) is 3.08. The van der Waals surface area contributed by atoms with Crippen molar-refractivity contribution in [3.8, 4) is 5.75 Å². The molecule has 1 aliphatic rings. The van der Waals surface area contributed by atoms with Gasteiger partial charge in [-0.2, -0.15) is 5.10 Å². The summed E-state index contributed by atoms with van der Waals surface area (Å²) in [6.45, 7) is 10.6. The van der Waals surface area contributed by atoms with E-state index in [2.05, 4.69) is 16.5 Å². The third-order valence-corrected chi connectivity index (χ3v) is 5.73. The number of benzene rings is 1. The van der Waals surface area contributed by atoms with Crippen molar-refractivity contribution in [2.24, 2.45) is 0 Å². The van der Waals surface area contributed by atoms with Crippen LogP contribution in [0.15, 0.2) is 24.3 Å². The van der Waals surface area contributed by atoms with Gasteiger partial charge < -0.3 is 19.9 Å². The van der Waals surface area contributed by atoms with Gasteiger partial charge in [0.25, 0.3) is 5.91 Å². The van der Waals surface area contributed by atoms with Crippen molar-refractivity contribution in [2.45, 2.75) is 33.4 Å². The molecule has 1 aromatic heterocycles. The van der Waals surface area contributed by atoms with Crippen molar-refractivity contribution >= 4 is 5.91 Å². The number of rotatable bonds is 9. The second-order valence-electron chi connectivity index (χ2n) is 8.16. The van der Waals surface area contributed by atoms with Crippen molar-refractivity contribution in [1.82, 2.24) is 15.1 Å². The number of ether oxygens (including phenoxy) is 1. The summed E-state index contributed by atoms with van der Waals surface area (Å²) in [5, 5.41) is 7.47. The summed E-state index contributed by atoms with van der Waals surface area (Å²) in [6, 6.07) is 6.74. The quantitative estimate of drug-likeness (QED) is 0.464. The minimum atomic E-state index is -0.232. The van der Waals surface area contributed by atoms with Gasteiger partial charge in [0, 0.05) is 18.8 Å². The number of hydrogen-bond donors (Lipinski definition) is 3. The van der Waals surface area contributed by atoms with E-state index in [0.717, 1.165) is 68.4 Å². The van der Waals surface area contributed by atoms with Gasteiger partial charge in [-0.1, -0.05) is 0 Å². The molecule has 2 heterocycles. The van der Waals surface area contributed by atoms with E-state index >= 15 is 0 Å². The zero-order chi connectivity index (χ0) is 21.5. The maximum absolute atomic E-state index is 13.6. The maximum Gasteiger partial charge on any atom is 0.275 e. The third-order valence-electron chi connectivity index (χ3n) is 5.73. The molecule has 1 fully saturated rings. The van der Waals surface area contributed by atoms with Crippen molar-refractivity contribution in [3.05, 3.63) is 47.0 Å². The van der Waals surface area contributed by atoms with E-state index in [1.54, 1.807) is 19.2 Å². The highest BCUT2D eigenvalue weighted by Crippen LogP contribution is 2.18. The number of nitrogens with one attached hydrogen (secondary N) is 3. The van der Waals surface area contributed by atoms with E-state index in [4.69, 9.17) is 4.74 Å². The molecule has 2 aromatic rings. The molecule has 1 aliphatic heterocycles. The molecule has 3 N–H and O–H groups in total. The average molecular weight is 420 g/mol. The fourth-order valence-electron chi connectivity index (χ4n) is 4.11. The zero-order valence-electron chi connectivity index (χ0n) is 18.3. The Labute approximate surface area is 177 Å². The van der Waals surface area contributed by atoms with Crippen LogP contribution >= 0.6 is 0 Å². The van der Waals surface area contributed by atoms with E-state index in [1.165, 1.54) is 15.9 Å². The second-order valence-corrected chi connectivity index (χ2v) is 8.16. The first-order valence-corrected chi connectivity index (χ1v) is 10.7. The highest BCUT2D eigenvalue weighted by Gasteiger charge is 2.25. The molecule has 1 amide bonds. The predicted molar refractivity (Wildman–Crippen MR) is 112 cm³/mol. The van der Waals surface area contributed by atoms with Gasteiger partial charge in [0.15, 0.2) is 6.54 Å². The largest absolute Gasteiger partial charge is 0.496 e. The van der Waals surface area contributed by atoms with Gasteiger partial charge in [0.2, 0.25) is 0 Å².